The molecule has 33 heavy (non-hydrogen) atoms. The minimum absolute atomic E-state index is 0.00463. The zero-order valence-electron chi connectivity index (χ0n) is 19.6. The number of ether oxygens (including phenoxy) is 3. The molecule has 1 aliphatic rings. The van der Waals surface area contributed by atoms with Crippen LogP contribution in [0.1, 0.15) is 36.7 Å². The van der Waals surface area contributed by atoms with Gasteiger partial charge in [0, 0.05) is 19.6 Å². The molecular formula is C24H32N2O6S. The number of morpholine rings is 1. The maximum absolute atomic E-state index is 12.9. The summed E-state index contributed by atoms with van der Waals surface area (Å²) < 4.78 is 44.7. The summed E-state index contributed by atoms with van der Waals surface area (Å²) in [5.74, 6) is 0.772. The number of nitrogens with zero attached hydrogens (tertiary/aromatic N) is 1. The summed E-state index contributed by atoms with van der Waals surface area (Å²) in [5, 5.41) is 0. The molecule has 3 rings (SSSR count). The molecule has 9 heteroatoms. The molecule has 0 saturated carbocycles. The first-order valence-electron chi connectivity index (χ1n) is 10.9. The number of nitrogens with one attached hydrogen (secondary N) is 1. The van der Waals surface area contributed by atoms with Crippen molar-refractivity contribution >= 4 is 15.9 Å². The van der Waals surface area contributed by atoms with Crippen LogP contribution < -0.4 is 14.2 Å². The Morgan fingerprint density at radius 1 is 1.09 bits per heavy atom. The molecule has 0 spiro atoms. The highest BCUT2D eigenvalue weighted by Crippen LogP contribution is 2.31. The Balaban J connectivity index is 1.68. The van der Waals surface area contributed by atoms with Gasteiger partial charge in [0.05, 0.1) is 30.8 Å². The van der Waals surface area contributed by atoms with Crippen molar-refractivity contribution in [1.82, 2.24) is 9.62 Å². The van der Waals surface area contributed by atoms with E-state index < -0.39 is 10.0 Å². The number of rotatable bonds is 8. The van der Waals surface area contributed by atoms with Crippen LogP contribution in [0.3, 0.4) is 0 Å². The number of methoxy groups -OCH3 is 1. The van der Waals surface area contributed by atoms with E-state index in [0.717, 1.165) is 11.3 Å². The second kappa shape index (κ2) is 10.5. The first-order chi connectivity index (χ1) is 15.6. The van der Waals surface area contributed by atoms with E-state index in [9.17, 15) is 13.2 Å². The first kappa shape index (κ1) is 25.0. The lowest BCUT2D eigenvalue weighted by Crippen LogP contribution is -2.40. The Bertz CT molecular complexity index is 1070. The summed E-state index contributed by atoms with van der Waals surface area (Å²) in [4.78, 5) is 14.6. The Hall–Kier alpha value is -2.62. The second-order valence-corrected chi connectivity index (χ2v) is 10.5. The minimum Gasteiger partial charge on any atom is -0.496 e. The van der Waals surface area contributed by atoms with Gasteiger partial charge in [-0.2, -0.15) is 0 Å². The molecule has 2 aromatic carbocycles. The van der Waals surface area contributed by atoms with E-state index in [2.05, 4.69) is 25.5 Å². The van der Waals surface area contributed by atoms with Gasteiger partial charge in [0.15, 0.2) is 0 Å². The average molecular weight is 477 g/mol. The summed E-state index contributed by atoms with van der Waals surface area (Å²) in [6.07, 6.45) is 0. The maximum atomic E-state index is 12.9. The van der Waals surface area contributed by atoms with Crippen LogP contribution in [0.5, 0.6) is 11.5 Å². The van der Waals surface area contributed by atoms with E-state index in [0.29, 0.717) is 32.1 Å². The molecule has 0 aliphatic carbocycles. The van der Waals surface area contributed by atoms with Crippen molar-refractivity contribution < 1.29 is 27.4 Å². The fourth-order valence-corrected chi connectivity index (χ4v) is 4.63. The molecule has 1 aliphatic heterocycles. The second-order valence-electron chi connectivity index (χ2n) is 8.76. The van der Waals surface area contributed by atoms with E-state index in [1.807, 2.05) is 24.3 Å². The van der Waals surface area contributed by atoms with Crippen LogP contribution in [0.4, 0.5) is 0 Å². The van der Waals surface area contributed by atoms with Crippen molar-refractivity contribution in [3.63, 3.8) is 0 Å². The van der Waals surface area contributed by atoms with Crippen LogP contribution in [-0.4, -0.2) is 65.8 Å². The van der Waals surface area contributed by atoms with Crippen molar-refractivity contribution in [1.29, 1.82) is 0 Å². The van der Waals surface area contributed by atoms with Crippen molar-refractivity contribution in [3.8, 4) is 11.5 Å². The molecular weight excluding hydrogens is 444 g/mol. The number of amides is 1. The summed E-state index contributed by atoms with van der Waals surface area (Å²) >= 11 is 0. The molecule has 2 aromatic rings. The van der Waals surface area contributed by atoms with Crippen LogP contribution in [-0.2, 0) is 20.2 Å². The van der Waals surface area contributed by atoms with Gasteiger partial charge in [-0.15, -0.1) is 0 Å². The van der Waals surface area contributed by atoms with E-state index in [4.69, 9.17) is 14.2 Å². The van der Waals surface area contributed by atoms with Crippen LogP contribution in [0, 0.1) is 0 Å². The number of carbonyl (C=O) groups is 1. The van der Waals surface area contributed by atoms with Gasteiger partial charge in [-0.3, -0.25) is 4.79 Å². The summed E-state index contributed by atoms with van der Waals surface area (Å²) in [6, 6.07) is 12.0. The van der Waals surface area contributed by atoms with Gasteiger partial charge in [-0.25, -0.2) is 13.1 Å². The van der Waals surface area contributed by atoms with Gasteiger partial charge in [-0.05, 0) is 35.2 Å². The van der Waals surface area contributed by atoms with Gasteiger partial charge in [0.2, 0.25) is 10.0 Å². The Morgan fingerprint density at radius 2 is 1.79 bits per heavy atom. The normalized spacial score (nSPS) is 14.7. The number of carbonyl (C=O) groups excluding carboxylic acids is 1. The van der Waals surface area contributed by atoms with Gasteiger partial charge < -0.3 is 19.1 Å². The monoisotopic (exact) mass is 476 g/mol. The Labute approximate surface area is 195 Å². The molecule has 1 N–H and O–H groups in total. The highest BCUT2D eigenvalue weighted by Gasteiger charge is 2.25. The Kier molecular flexibility index (Phi) is 7.99. The van der Waals surface area contributed by atoms with E-state index in [1.54, 1.807) is 4.90 Å². The predicted molar refractivity (Wildman–Crippen MR) is 126 cm³/mol. The molecule has 0 bridgehead atoms. The standard InChI is InChI=1S/C24H32N2O6S/c1-24(2,3)20-7-5-6-8-22(20)32-14-11-25-33(28,29)18-9-10-21(30-4)19(17-18)23(27)26-12-15-31-16-13-26/h5-10,17,25H,11-16H2,1-4H3. The van der Waals surface area contributed by atoms with Crippen molar-refractivity contribution in [2.24, 2.45) is 0 Å². The zero-order chi connectivity index (χ0) is 24.1. The van der Waals surface area contributed by atoms with Gasteiger partial charge in [0.25, 0.3) is 5.91 Å². The summed E-state index contributed by atoms with van der Waals surface area (Å²) in [5.41, 5.74) is 1.16. The van der Waals surface area contributed by atoms with E-state index in [1.165, 1.54) is 25.3 Å². The molecule has 1 amide bonds. The van der Waals surface area contributed by atoms with E-state index in [-0.39, 0.29) is 34.9 Å². The SMILES string of the molecule is COc1ccc(S(=O)(=O)NCCOc2ccccc2C(C)(C)C)cc1C(=O)N1CCOCC1. The molecule has 0 radical (unpaired) electrons. The Morgan fingerprint density at radius 3 is 2.45 bits per heavy atom. The molecule has 0 atom stereocenters. The topological polar surface area (TPSA) is 94.2 Å². The molecule has 0 aromatic heterocycles. The maximum Gasteiger partial charge on any atom is 0.257 e. The third-order valence-electron chi connectivity index (χ3n) is 5.36. The van der Waals surface area contributed by atoms with Gasteiger partial charge >= 0.3 is 0 Å². The molecule has 1 saturated heterocycles. The molecule has 180 valence electrons. The lowest BCUT2D eigenvalue weighted by Gasteiger charge is -2.27. The lowest BCUT2D eigenvalue weighted by molar-refractivity contribution is 0.0300. The fourth-order valence-electron chi connectivity index (χ4n) is 3.59. The molecule has 0 unspecified atom stereocenters. The van der Waals surface area contributed by atoms with Gasteiger partial charge in [-0.1, -0.05) is 39.0 Å². The molecule has 1 heterocycles. The van der Waals surface area contributed by atoms with Gasteiger partial charge in [0.1, 0.15) is 18.1 Å². The highest BCUT2D eigenvalue weighted by molar-refractivity contribution is 7.89. The van der Waals surface area contributed by atoms with Crippen molar-refractivity contribution in [3.05, 3.63) is 53.6 Å². The molecule has 8 nitrogen and oxygen atoms in total. The first-order valence-corrected chi connectivity index (χ1v) is 12.4. The van der Waals surface area contributed by atoms with Crippen LogP contribution in [0.2, 0.25) is 0 Å². The van der Waals surface area contributed by atoms with Crippen LogP contribution in [0.15, 0.2) is 47.4 Å². The number of hydrogen-bond acceptors (Lipinski definition) is 6. The fraction of sp³-hybridized carbons (Fsp3) is 0.458. The van der Waals surface area contributed by atoms with E-state index >= 15 is 0 Å². The zero-order valence-corrected chi connectivity index (χ0v) is 20.4. The quantitative estimate of drug-likeness (QED) is 0.589. The largest absolute Gasteiger partial charge is 0.496 e. The summed E-state index contributed by atoms with van der Waals surface area (Å²) in [7, 11) is -2.40. The van der Waals surface area contributed by atoms with Crippen LogP contribution >= 0.6 is 0 Å². The third-order valence-corrected chi connectivity index (χ3v) is 6.82. The molecule has 1 fully saturated rings. The number of para-hydroxylation sites is 1. The van der Waals surface area contributed by atoms with Crippen molar-refractivity contribution in [2.45, 2.75) is 31.1 Å². The average Bonchev–Trinajstić information content (AvgIpc) is 2.81. The minimum atomic E-state index is -3.85. The van der Waals surface area contributed by atoms with Crippen LogP contribution in [0.25, 0.3) is 0 Å². The predicted octanol–water partition coefficient (Wildman–Crippen LogP) is 2.82. The third kappa shape index (κ3) is 6.25. The highest BCUT2D eigenvalue weighted by atomic mass is 32.2. The lowest BCUT2D eigenvalue weighted by atomic mass is 9.86. The number of benzene rings is 2. The smallest absolute Gasteiger partial charge is 0.257 e. The summed E-state index contributed by atoms with van der Waals surface area (Å²) in [6.45, 7) is 8.33. The van der Waals surface area contributed by atoms with Crippen molar-refractivity contribution in [2.75, 3.05) is 46.6 Å². The number of hydrogen-bond donors (Lipinski definition) is 1. The number of sulfonamides is 1.